The number of benzene rings is 2. The van der Waals surface area contributed by atoms with Crippen molar-refractivity contribution in [3.8, 4) is 0 Å². The fourth-order valence-corrected chi connectivity index (χ4v) is 4.66. The predicted octanol–water partition coefficient (Wildman–Crippen LogP) is 3.74. The van der Waals surface area contributed by atoms with Crippen LogP contribution in [0.1, 0.15) is 34.5 Å². The molecule has 0 spiro atoms. The molecule has 2 aromatic carbocycles. The Labute approximate surface area is 174 Å². The molecule has 2 aliphatic heterocycles. The van der Waals surface area contributed by atoms with E-state index in [1.165, 1.54) is 23.3 Å². The lowest BCUT2D eigenvalue weighted by molar-refractivity contribution is -0.137. The Morgan fingerprint density at radius 3 is 2.50 bits per heavy atom. The summed E-state index contributed by atoms with van der Waals surface area (Å²) in [5, 5.41) is 0.689. The molecule has 5 rings (SSSR count). The SMILES string of the molecule is O=C(c1cc2cc(F)ccc2[nH]1)N1CCC(C(=O)N2CCc3ccccc3C2)CC1. The Morgan fingerprint density at radius 2 is 1.70 bits per heavy atom. The summed E-state index contributed by atoms with van der Waals surface area (Å²) in [5.41, 5.74) is 3.78. The molecule has 0 atom stereocenters. The number of fused-ring (bicyclic) bond motifs is 2. The highest BCUT2D eigenvalue weighted by Crippen LogP contribution is 2.26. The monoisotopic (exact) mass is 405 g/mol. The van der Waals surface area contributed by atoms with Gasteiger partial charge < -0.3 is 14.8 Å². The van der Waals surface area contributed by atoms with Gasteiger partial charge in [-0.1, -0.05) is 24.3 Å². The van der Waals surface area contributed by atoms with Crippen molar-refractivity contribution in [3.05, 3.63) is 71.2 Å². The van der Waals surface area contributed by atoms with E-state index in [1.807, 2.05) is 17.0 Å². The Balaban J connectivity index is 1.21. The van der Waals surface area contributed by atoms with Gasteiger partial charge in [0.15, 0.2) is 0 Å². The van der Waals surface area contributed by atoms with Crippen LogP contribution in [0.15, 0.2) is 48.5 Å². The average molecular weight is 405 g/mol. The largest absolute Gasteiger partial charge is 0.351 e. The number of nitrogens with zero attached hydrogens (tertiary/aromatic N) is 2. The molecule has 1 N–H and O–H groups in total. The van der Waals surface area contributed by atoms with Crippen LogP contribution in [0.25, 0.3) is 10.9 Å². The van der Waals surface area contributed by atoms with E-state index in [0.29, 0.717) is 43.6 Å². The van der Waals surface area contributed by atoms with Gasteiger partial charge in [-0.25, -0.2) is 4.39 Å². The maximum absolute atomic E-state index is 13.4. The molecule has 0 saturated carbocycles. The van der Waals surface area contributed by atoms with E-state index in [1.54, 1.807) is 17.0 Å². The molecule has 0 radical (unpaired) electrons. The number of likely N-dealkylation sites (tertiary alicyclic amines) is 1. The first kappa shape index (κ1) is 18.9. The van der Waals surface area contributed by atoms with Crippen LogP contribution < -0.4 is 0 Å². The van der Waals surface area contributed by atoms with Crippen molar-refractivity contribution in [2.75, 3.05) is 19.6 Å². The van der Waals surface area contributed by atoms with Crippen LogP contribution >= 0.6 is 0 Å². The van der Waals surface area contributed by atoms with E-state index in [4.69, 9.17) is 0 Å². The normalized spacial score (nSPS) is 17.2. The van der Waals surface area contributed by atoms with Crippen LogP contribution in [0.2, 0.25) is 0 Å². The summed E-state index contributed by atoms with van der Waals surface area (Å²) in [5.74, 6) is -0.238. The van der Waals surface area contributed by atoms with Gasteiger partial charge in [0.2, 0.25) is 5.91 Å². The summed E-state index contributed by atoms with van der Waals surface area (Å²) in [6, 6.07) is 14.4. The van der Waals surface area contributed by atoms with E-state index >= 15 is 0 Å². The molecule has 0 bridgehead atoms. The highest BCUT2D eigenvalue weighted by atomic mass is 19.1. The number of piperidine rings is 1. The molecular formula is C24H24FN3O2. The number of nitrogens with one attached hydrogen (secondary N) is 1. The minimum Gasteiger partial charge on any atom is -0.351 e. The fraction of sp³-hybridized carbons (Fsp3) is 0.333. The van der Waals surface area contributed by atoms with Gasteiger partial charge in [-0.3, -0.25) is 9.59 Å². The van der Waals surface area contributed by atoms with Crippen LogP contribution in [0.3, 0.4) is 0 Å². The molecule has 30 heavy (non-hydrogen) atoms. The number of carbonyl (C=O) groups is 2. The molecule has 5 nitrogen and oxygen atoms in total. The molecule has 3 heterocycles. The van der Waals surface area contributed by atoms with Gasteiger partial charge in [0.1, 0.15) is 11.5 Å². The molecule has 1 fully saturated rings. The first-order valence-electron chi connectivity index (χ1n) is 10.5. The van der Waals surface area contributed by atoms with Crippen LogP contribution in [0.5, 0.6) is 0 Å². The summed E-state index contributed by atoms with van der Waals surface area (Å²) in [4.78, 5) is 32.8. The fourth-order valence-electron chi connectivity index (χ4n) is 4.66. The van der Waals surface area contributed by atoms with E-state index in [0.717, 1.165) is 18.5 Å². The van der Waals surface area contributed by atoms with Gasteiger partial charge in [-0.2, -0.15) is 0 Å². The van der Waals surface area contributed by atoms with Crippen molar-refractivity contribution < 1.29 is 14.0 Å². The molecule has 6 heteroatoms. The number of H-pyrrole nitrogens is 1. The third-order valence-corrected chi connectivity index (χ3v) is 6.39. The number of hydrogen-bond donors (Lipinski definition) is 1. The molecular weight excluding hydrogens is 381 g/mol. The lowest BCUT2D eigenvalue weighted by Gasteiger charge is -2.36. The van der Waals surface area contributed by atoms with Crippen LogP contribution in [-0.4, -0.2) is 46.2 Å². The van der Waals surface area contributed by atoms with Gasteiger partial charge in [0, 0.05) is 43.0 Å². The Kier molecular flexibility index (Phi) is 4.77. The Hall–Kier alpha value is -3.15. The Morgan fingerprint density at radius 1 is 0.933 bits per heavy atom. The zero-order chi connectivity index (χ0) is 20.7. The van der Waals surface area contributed by atoms with Crippen molar-refractivity contribution in [2.24, 2.45) is 5.92 Å². The lowest BCUT2D eigenvalue weighted by Crippen LogP contribution is -2.45. The van der Waals surface area contributed by atoms with E-state index in [-0.39, 0.29) is 23.5 Å². The van der Waals surface area contributed by atoms with Crippen LogP contribution in [-0.2, 0) is 17.8 Å². The van der Waals surface area contributed by atoms with Gasteiger partial charge in [0.25, 0.3) is 5.91 Å². The van der Waals surface area contributed by atoms with Crippen LogP contribution in [0.4, 0.5) is 4.39 Å². The quantitative estimate of drug-likeness (QED) is 0.706. The molecule has 2 aliphatic rings. The number of rotatable bonds is 2. The predicted molar refractivity (Wildman–Crippen MR) is 112 cm³/mol. The minimum absolute atomic E-state index is 0.0314. The van der Waals surface area contributed by atoms with Crippen molar-refractivity contribution in [1.29, 1.82) is 0 Å². The van der Waals surface area contributed by atoms with E-state index < -0.39 is 0 Å². The van der Waals surface area contributed by atoms with Crippen molar-refractivity contribution in [1.82, 2.24) is 14.8 Å². The van der Waals surface area contributed by atoms with Crippen molar-refractivity contribution >= 4 is 22.7 Å². The highest BCUT2D eigenvalue weighted by Gasteiger charge is 2.32. The van der Waals surface area contributed by atoms with Gasteiger partial charge in [-0.15, -0.1) is 0 Å². The molecule has 0 unspecified atom stereocenters. The van der Waals surface area contributed by atoms with Crippen LogP contribution in [0, 0.1) is 11.7 Å². The summed E-state index contributed by atoms with van der Waals surface area (Å²) in [7, 11) is 0. The smallest absolute Gasteiger partial charge is 0.270 e. The minimum atomic E-state index is -0.319. The second-order valence-corrected chi connectivity index (χ2v) is 8.26. The average Bonchev–Trinajstić information content (AvgIpc) is 3.21. The molecule has 1 saturated heterocycles. The number of amides is 2. The van der Waals surface area contributed by atoms with Gasteiger partial charge >= 0.3 is 0 Å². The Bertz CT molecular complexity index is 1110. The molecule has 3 aromatic rings. The maximum Gasteiger partial charge on any atom is 0.270 e. The molecule has 2 amide bonds. The van der Waals surface area contributed by atoms with Crippen molar-refractivity contribution in [2.45, 2.75) is 25.8 Å². The van der Waals surface area contributed by atoms with Gasteiger partial charge in [-0.05, 0) is 54.7 Å². The number of carbonyl (C=O) groups excluding carboxylic acids is 2. The third-order valence-electron chi connectivity index (χ3n) is 6.39. The molecule has 154 valence electrons. The first-order valence-corrected chi connectivity index (χ1v) is 10.5. The molecule has 0 aliphatic carbocycles. The summed E-state index contributed by atoms with van der Waals surface area (Å²) in [6.07, 6.45) is 2.26. The second kappa shape index (κ2) is 7.59. The second-order valence-electron chi connectivity index (χ2n) is 8.26. The number of hydrogen-bond acceptors (Lipinski definition) is 2. The lowest BCUT2D eigenvalue weighted by atomic mass is 9.93. The number of aromatic nitrogens is 1. The summed E-state index contributed by atoms with van der Waals surface area (Å²) in [6.45, 7) is 2.56. The zero-order valence-corrected chi connectivity index (χ0v) is 16.7. The topological polar surface area (TPSA) is 56.4 Å². The zero-order valence-electron chi connectivity index (χ0n) is 16.7. The van der Waals surface area contributed by atoms with E-state index in [2.05, 4.69) is 17.1 Å². The third kappa shape index (κ3) is 3.47. The first-order chi connectivity index (χ1) is 14.6. The highest BCUT2D eigenvalue weighted by molar-refractivity contribution is 5.98. The van der Waals surface area contributed by atoms with Gasteiger partial charge in [0.05, 0.1) is 0 Å². The number of halogens is 1. The van der Waals surface area contributed by atoms with E-state index in [9.17, 15) is 14.0 Å². The summed E-state index contributed by atoms with van der Waals surface area (Å²) >= 11 is 0. The summed E-state index contributed by atoms with van der Waals surface area (Å²) < 4.78 is 13.4. The number of aromatic amines is 1. The maximum atomic E-state index is 13.4. The standard InChI is InChI=1S/C24H24FN3O2/c25-20-5-6-21-19(13-20)14-22(26-21)24(30)27-10-8-17(9-11-27)23(29)28-12-7-16-3-1-2-4-18(16)15-28/h1-6,13-14,17,26H,7-12,15H2. The molecule has 1 aromatic heterocycles. The van der Waals surface area contributed by atoms with Crippen molar-refractivity contribution in [3.63, 3.8) is 0 Å².